The van der Waals surface area contributed by atoms with Gasteiger partial charge in [0.05, 0.1) is 11.4 Å². The Morgan fingerprint density at radius 3 is 1.39 bits per heavy atom. The molecule has 0 spiro atoms. The summed E-state index contributed by atoms with van der Waals surface area (Å²) >= 11 is 0. The Morgan fingerprint density at radius 2 is 0.955 bits per heavy atom. The van der Waals surface area contributed by atoms with Crippen LogP contribution in [0.4, 0.5) is 11.4 Å². The van der Waals surface area contributed by atoms with Crippen molar-refractivity contribution in [2.45, 2.75) is 161 Å². The molecule has 242 valence electrons. The summed E-state index contributed by atoms with van der Waals surface area (Å²) in [6.45, 7) is 2.86. The number of rotatable bonds is 25. The van der Waals surface area contributed by atoms with Gasteiger partial charge in [0.1, 0.15) is 6.17 Å². The Hall–Kier alpha value is -0.414. The monoisotopic (exact) mass is 650 g/mol. The third-order valence-electron chi connectivity index (χ3n) is 9.06. The van der Waals surface area contributed by atoms with Gasteiger partial charge >= 0.3 is 51.4 Å². The molecule has 0 aliphatic carbocycles. The van der Waals surface area contributed by atoms with E-state index in [1.165, 1.54) is 122 Å². The van der Waals surface area contributed by atoms with Gasteiger partial charge in [-0.15, -0.1) is 0 Å². The molecule has 0 amide bonds. The van der Waals surface area contributed by atoms with Crippen LogP contribution in [0.15, 0.2) is 54.6 Å². The van der Waals surface area contributed by atoms with Crippen molar-refractivity contribution in [1.82, 2.24) is 0 Å². The van der Waals surface area contributed by atoms with Gasteiger partial charge < -0.3 is 9.45 Å². The number of benzene rings is 2. The molecule has 0 bridgehead atoms. The Labute approximate surface area is 313 Å². The van der Waals surface area contributed by atoms with Crippen LogP contribution >= 0.6 is 0 Å². The molecule has 7 heteroatoms. The van der Waals surface area contributed by atoms with Gasteiger partial charge in [-0.3, -0.25) is 4.31 Å². The van der Waals surface area contributed by atoms with Gasteiger partial charge in [-0.25, -0.2) is 8.42 Å². The minimum atomic E-state index is -4.63. The molecular weight excluding hydrogens is 592 g/mol. The molecule has 0 aromatic heterocycles. The Morgan fingerprint density at radius 1 is 0.568 bits per heavy atom. The first kappa shape index (κ1) is 39.8. The number of unbranched alkanes of at least 4 members (excludes halogenated alkanes) is 20. The predicted octanol–water partition coefficient (Wildman–Crippen LogP) is 7.91. The van der Waals surface area contributed by atoms with Gasteiger partial charge in [0.25, 0.3) is 0 Å². The maximum Gasteiger partial charge on any atom is 1.00 e. The SMILES string of the molecule is CCCCCCCCCCCCCCCCCCCCCCCC1N(Cc2ccccc2)c2ccccc2N1S(=O)(=O)[O-].[K+]. The molecule has 5 nitrogen and oxygen atoms in total. The second kappa shape index (κ2) is 23.8. The molecule has 44 heavy (non-hydrogen) atoms. The number of para-hydroxylation sites is 2. The predicted molar refractivity (Wildman–Crippen MR) is 182 cm³/mol. The minimum absolute atomic E-state index is 0. The van der Waals surface area contributed by atoms with Crippen molar-refractivity contribution in [2.75, 3.05) is 9.21 Å². The van der Waals surface area contributed by atoms with Crippen LogP contribution in [0, 0.1) is 0 Å². The average Bonchev–Trinajstić information content (AvgIpc) is 3.32. The van der Waals surface area contributed by atoms with Crippen molar-refractivity contribution in [3.63, 3.8) is 0 Å². The van der Waals surface area contributed by atoms with Gasteiger partial charge in [0.2, 0.25) is 0 Å². The molecule has 3 rings (SSSR count). The van der Waals surface area contributed by atoms with E-state index < -0.39 is 16.5 Å². The molecule has 0 saturated heterocycles. The van der Waals surface area contributed by atoms with E-state index in [-0.39, 0.29) is 51.4 Å². The number of anilines is 2. The first-order valence-corrected chi connectivity index (χ1v) is 19.0. The molecule has 1 aliphatic rings. The average molecular weight is 651 g/mol. The van der Waals surface area contributed by atoms with Crippen LogP contribution in [0.2, 0.25) is 0 Å². The van der Waals surface area contributed by atoms with Crippen LogP contribution in [-0.4, -0.2) is 19.1 Å². The first-order valence-electron chi connectivity index (χ1n) is 17.7. The molecule has 1 atom stereocenters. The van der Waals surface area contributed by atoms with E-state index in [1.54, 1.807) is 12.1 Å². The Bertz CT molecular complexity index is 1100. The van der Waals surface area contributed by atoms with Gasteiger partial charge in [-0.1, -0.05) is 178 Å². The van der Waals surface area contributed by atoms with Crippen LogP contribution in [-0.2, 0) is 16.8 Å². The zero-order valence-corrected chi connectivity index (χ0v) is 32.0. The summed E-state index contributed by atoms with van der Waals surface area (Å²) in [5.74, 6) is 0. The van der Waals surface area contributed by atoms with E-state index in [9.17, 15) is 13.0 Å². The quantitative estimate of drug-likeness (QED) is 0.0623. The third kappa shape index (κ3) is 15.0. The number of fused-ring (bicyclic) bond motifs is 1. The largest absolute Gasteiger partial charge is 1.00 e. The standard InChI is InChI=1S/C37H60N2O3S.K/c1-2-3-4-5-6-7-8-9-10-11-12-13-14-15-16-17-18-19-20-21-25-32-37-38(33-34-28-23-22-24-29-34)35-30-26-27-31-36(35)39(37)43(40,41)42;/h22-24,26-31,37H,2-21,25,32-33H2,1H3,(H,40,41,42);/q;+1/p-1. The van der Waals surface area contributed by atoms with E-state index in [2.05, 4.69) is 11.8 Å². The van der Waals surface area contributed by atoms with Crippen LogP contribution in [0.25, 0.3) is 0 Å². The van der Waals surface area contributed by atoms with Crippen LogP contribution in [0.5, 0.6) is 0 Å². The molecule has 0 fully saturated rings. The van der Waals surface area contributed by atoms with Crippen molar-refractivity contribution in [2.24, 2.45) is 0 Å². The Balaban J connectivity index is 0.00000675. The maximum absolute atomic E-state index is 12.4. The van der Waals surface area contributed by atoms with E-state index in [4.69, 9.17) is 0 Å². The third-order valence-corrected chi connectivity index (χ3v) is 9.98. The molecule has 0 saturated carbocycles. The summed E-state index contributed by atoms with van der Waals surface area (Å²) in [6.07, 6.45) is 28.3. The fourth-order valence-electron chi connectivity index (χ4n) is 6.61. The second-order valence-electron chi connectivity index (χ2n) is 12.7. The summed E-state index contributed by atoms with van der Waals surface area (Å²) in [6, 6.07) is 17.5. The van der Waals surface area contributed by atoms with Crippen LogP contribution < -0.4 is 60.6 Å². The summed E-state index contributed by atoms with van der Waals surface area (Å²) < 4.78 is 38.2. The van der Waals surface area contributed by atoms with Crippen molar-refractivity contribution in [3.05, 3.63) is 60.2 Å². The number of nitrogens with zero attached hydrogens (tertiary/aromatic N) is 2. The topological polar surface area (TPSA) is 63.7 Å². The molecule has 0 radical (unpaired) electrons. The minimum Gasteiger partial charge on any atom is -0.731 e. The molecule has 1 unspecified atom stereocenters. The van der Waals surface area contributed by atoms with E-state index >= 15 is 0 Å². The molecule has 1 heterocycles. The molecule has 0 N–H and O–H groups in total. The van der Waals surface area contributed by atoms with Gasteiger partial charge in [0, 0.05) is 6.54 Å². The van der Waals surface area contributed by atoms with E-state index in [1.807, 2.05) is 42.5 Å². The second-order valence-corrected chi connectivity index (χ2v) is 13.9. The van der Waals surface area contributed by atoms with Crippen molar-refractivity contribution >= 4 is 21.7 Å². The maximum atomic E-state index is 12.4. The summed E-state index contributed by atoms with van der Waals surface area (Å²) in [4.78, 5) is 2.09. The number of hydrogen-bond acceptors (Lipinski definition) is 4. The molecule has 2 aromatic rings. The van der Waals surface area contributed by atoms with Crippen molar-refractivity contribution in [1.29, 1.82) is 0 Å². The zero-order valence-electron chi connectivity index (χ0n) is 28.1. The molecular formula is C37H59KN2O3S. The van der Waals surface area contributed by atoms with Crippen LogP contribution in [0.3, 0.4) is 0 Å². The fourth-order valence-corrected chi connectivity index (χ4v) is 7.53. The van der Waals surface area contributed by atoms with E-state index in [0.29, 0.717) is 18.7 Å². The smallest absolute Gasteiger partial charge is 0.731 e. The van der Waals surface area contributed by atoms with Gasteiger partial charge in [0.15, 0.2) is 10.3 Å². The summed E-state index contributed by atoms with van der Waals surface area (Å²) in [5, 5.41) is 0. The molecule has 2 aromatic carbocycles. The van der Waals surface area contributed by atoms with Crippen molar-refractivity contribution < 1.29 is 64.4 Å². The van der Waals surface area contributed by atoms with Crippen molar-refractivity contribution in [3.8, 4) is 0 Å². The zero-order chi connectivity index (χ0) is 30.6. The number of hydrogen-bond donors (Lipinski definition) is 0. The van der Waals surface area contributed by atoms with Gasteiger partial charge in [-0.2, -0.15) is 0 Å². The fraction of sp³-hybridized carbons (Fsp3) is 0.676. The Kier molecular flexibility index (Phi) is 21.5. The molecule has 1 aliphatic heterocycles. The summed E-state index contributed by atoms with van der Waals surface area (Å²) in [5.41, 5.74) is 2.42. The normalized spacial score (nSPS) is 14.5. The van der Waals surface area contributed by atoms with E-state index in [0.717, 1.165) is 28.4 Å². The summed E-state index contributed by atoms with van der Waals surface area (Å²) in [7, 11) is -4.63. The van der Waals surface area contributed by atoms with Gasteiger partial charge in [-0.05, 0) is 30.5 Å². The van der Waals surface area contributed by atoms with Crippen LogP contribution in [0.1, 0.15) is 154 Å². The first-order chi connectivity index (χ1) is 21.0.